The minimum absolute atomic E-state index is 0.0511. The van der Waals surface area contributed by atoms with Gasteiger partial charge < -0.3 is 14.4 Å². The number of aromatic nitrogens is 1. The SMILES string of the molecule is CC(C)[Si](Oc1c2c(c(CCC(=O)O)c3cc(Cc4ccc(F)cc4)cnc13)CN(C)C2=O)(C(C)C)C(C)C. The number of fused-ring (bicyclic) bond motifs is 2. The summed E-state index contributed by atoms with van der Waals surface area (Å²) in [5, 5.41) is 10.3. The van der Waals surface area contributed by atoms with Crippen LogP contribution in [0.3, 0.4) is 0 Å². The van der Waals surface area contributed by atoms with Crippen LogP contribution in [0.5, 0.6) is 5.75 Å². The van der Waals surface area contributed by atoms with Gasteiger partial charge in [-0.05, 0) is 69.9 Å². The van der Waals surface area contributed by atoms with Crippen molar-refractivity contribution in [3.8, 4) is 5.75 Å². The number of carbonyl (C=O) groups excluding carboxylic acids is 1. The Kier molecular flexibility index (Phi) is 8.16. The first-order valence-corrected chi connectivity index (χ1v) is 15.9. The van der Waals surface area contributed by atoms with Crippen molar-refractivity contribution in [3.05, 3.63) is 70.2 Å². The van der Waals surface area contributed by atoms with E-state index in [9.17, 15) is 19.1 Å². The standard InChI is InChI=1S/C31H39FN2O4Si/c1-18(2)39(19(3)4,20(5)6)38-30-28-26(17-34(7)31(28)37)24(12-13-27(35)36)25-15-22(16-33-29(25)30)14-21-8-10-23(32)11-9-21/h8-11,15-16,18-20H,12-14,17H2,1-7H3,(H,35,36). The van der Waals surface area contributed by atoms with Crippen molar-refractivity contribution >= 4 is 31.1 Å². The summed E-state index contributed by atoms with van der Waals surface area (Å²) in [5.74, 6) is -0.749. The molecule has 4 rings (SSSR count). The van der Waals surface area contributed by atoms with E-state index in [-0.39, 0.29) is 18.1 Å². The van der Waals surface area contributed by atoms with Crippen LogP contribution >= 0.6 is 0 Å². The number of hydrogen-bond acceptors (Lipinski definition) is 4. The average molecular weight is 551 g/mol. The van der Waals surface area contributed by atoms with Crippen LogP contribution in [-0.2, 0) is 24.2 Å². The lowest BCUT2D eigenvalue weighted by Gasteiger charge is -2.42. The first-order valence-electron chi connectivity index (χ1n) is 13.7. The van der Waals surface area contributed by atoms with Gasteiger partial charge in [0.2, 0.25) is 0 Å². The summed E-state index contributed by atoms with van der Waals surface area (Å²) in [4.78, 5) is 31.7. The number of amides is 1. The lowest BCUT2D eigenvalue weighted by atomic mass is 9.92. The van der Waals surface area contributed by atoms with Crippen LogP contribution in [0.4, 0.5) is 4.39 Å². The van der Waals surface area contributed by atoms with Crippen LogP contribution in [-0.4, -0.2) is 42.2 Å². The summed E-state index contributed by atoms with van der Waals surface area (Å²) >= 11 is 0. The molecule has 0 saturated heterocycles. The highest BCUT2D eigenvalue weighted by Crippen LogP contribution is 2.48. The number of pyridine rings is 1. The first-order chi connectivity index (χ1) is 18.4. The molecule has 1 aliphatic heterocycles. The second kappa shape index (κ2) is 11.1. The summed E-state index contributed by atoms with van der Waals surface area (Å²) in [6.45, 7) is 13.6. The Morgan fingerprint density at radius 1 is 1.08 bits per heavy atom. The summed E-state index contributed by atoms with van der Waals surface area (Å²) in [7, 11) is -0.687. The lowest BCUT2D eigenvalue weighted by molar-refractivity contribution is -0.136. The van der Waals surface area contributed by atoms with Gasteiger partial charge in [-0.25, -0.2) is 4.39 Å². The van der Waals surface area contributed by atoms with Gasteiger partial charge in [-0.1, -0.05) is 53.7 Å². The van der Waals surface area contributed by atoms with Crippen molar-refractivity contribution in [1.29, 1.82) is 0 Å². The third-order valence-corrected chi connectivity index (χ3v) is 14.2. The van der Waals surface area contributed by atoms with E-state index < -0.39 is 14.3 Å². The van der Waals surface area contributed by atoms with Gasteiger partial charge in [-0.2, -0.15) is 0 Å². The van der Waals surface area contributed by atoms with E-state index in [0.717, 1.165) is 27.6 Å². The molecule has 208 valence electrons. The lowest BCUT2D eigenvalue weighted by Crippen LogP contribution is -2.51. The van der Waals surface area contributed by atoms with Crippen molar-refractivity contribution in [2.45, 2.75) is 84.0 Å². The predicted molar refractivity (Wildman–Crippen MR) is 154 cm³/mol. The average Bonchev–Trinajstić information content (AvgIpc) is 3.15. The Labute approximate surface area is 231 Å². The smallest absolute Gasteiger partial charge is 0.303 e. The second-order valence-corrected chi connectivity index (χ2v) is 17.1. The Bertz CT molecular complexity index is 1380. The number of hydrogen-bond donors (Lipinski definition) is 1. The largest absolute Gasteiger partial charge is 0.541 e. The van der Waals surface area contributed by atoms with Crippen LogP contribution in [0.25, 0.3) is 10.9 Å². The molecule has 2 aromatic carbocycles. The van der Waals surface area contributed by atoms with E-state index in [1.807, 2.05) is 6.07 Å². The number of carbonyl (C=O) groups is 2. The fourth-order valence-corrected chi connectivity index (χ4v) is 11.7. The zero-order valence-electron chi connectivity index (χ0n) is 24.0. The molecule has 0 bridgehead atoms. The number of aliphatic carboxylic acids is 1. The van der Waals surface area contributed by atoms with Gasteiger partial charge >= 0.3 is 5.97 Å². The number of carboxylic acid groups (broad SMARTS) is 1. The maximum absolute atomic E-state index is 13.6. The molecule has 1 aliphatic rings. The molecule has 0 atom stereocenters. The molecule has 1 N–H and O–H groups in total. The molecule has 0 radical (unpaired) electrons. The molecule has 39 heavy (non-hydrogen) atoms. The van der Waals surface area contributed by atoms with Gasteiger partial charge in [0.25, 0.3) is 14.2 Å². The first kappa shape index (κ1) is 28.7. The van der Waals surface area contributed by atoms with Crippen molar-refractivity contribution in [2.75, 3.05) is 7.05 Å². The highest BCUT2D eigenvalue weighted by Gasteiger charge is 2.48. The highest BCUT2D eigenvalue weighted by atomic mass is 28.4. The Balaban J connectivity index is 1.99. The van der Waals surface area contributed by atoms with Gasteiger partial charge in [0, 0.05) is 31.6 Å². The molecule has 8 heteroatoms. The third kappa shape index (κ3) is 5.31. The van der Waals surface area contributed by atoms with Gasteiger partial charge in [0.05, 0.1) is 5.56 Å². The van der Waals surface area contributed by atoms with Crippen LogP contribution in [0.1, 0.15) is 80.6 Å². The van der Waals surface area contributed by atoms with Gasteiger partial charge in [0.15, 0.2) is 0 Å². The molecule has 1 aromatic heterocycles. The van der Waals surface area contributed by atoms with E-state index in [2.05, 4.69) is 41.5 Å². The normalized spacial score (nSPS) is 13.7. The number of rotatable bonds is 10. The summed E-state index contributed by atoms with van der Waals surface area (Å²) in [5.41, 5.74) is 5.57. The van der Waals surface area contributed by atoms with E-state index in [1.54, 1.807) is 30.3 Å². The summed E-state index contributed by atoms with van der Waals surface area (Å²) in [6.07, 6.45) is 2.58. The topological polar surface area (TPSA) is 79.7 Å². The van der Waals surface area contributed by atoms with Gasteiger partial charge in [-0.3, -0.25) is 14.6 Å². The van der Waals surface area contributed by atoms with Gasteiger partial charge in [-0.15, -0.1) is 0 Å². The molecular formula is C31H39FN2O4Si. The number of benzene rings is 2. The molecule has 0 aliphatic carbocycles. The van der Waals surface area contributed by atoms with Crippen molar-refractivity contribution in [3.63, 3.8) is 0 Å². The fraction of sp³-hybridized carbons (Fsp3) is 0.452. The molecule has 0 unspecified atom stereocenters. The van der Waals surface area contributed by atoms with Gasteiger partial charge in [0.1, 0.15) is 17.1 Å². The van der Waals surface area contributed by atoms with Crippen LogP contribution in [0, 0.1) is 5.82 Å². The van der Waals surface area contributed by atoms with Crippen molar-refractivity contribution < 1.29 is 23.5 Å². The molecule has 2 heterocycles. The number of halogens is 1. The van der Waals surface area contributed by atoms with Crippen molar-refractivity contribution in [2.24, 2.45) is 0 Å². The minimum atomic E-state index is -2.45. The number of nitrogens with zero attached hydrogens (tertiary/aromatic N) is 2. The molecule has 1 amide bonds. The monoisotopic (exact) mass is 550 g/mol. The Hall–Kier alpha value is -3.26. The van der Waals surface area contributed by atoms with Crippen molar-refractivity contribution in [1.82, 2.24) is 9.88 Å². The quantitative estimate of drug-likeness (QED) is 0.272. The maximum atomic E-state index is 13.6. The third-order valence-electron chi connectivity index (χ3n) is 8.23. The Morgan fingerprint density at radius 2 is 1.69 bits per heavy atom. The molecule has 0 spiro atoms. The summed E-state index contributed by atoms with van der Waals surface area (Å²) < 4.78 is 20.7. The minimum Gasteiger partial charge on any atom is -0.541 e. The van der Waals surface area contributed by atoms with Crippen LogP contribution in [0.2, 0.25) is 16.6 Å². The fourth-order valence-electron chi connectivity index (χ4n) is 6.47. The van der Waals surface area contributed by atoms with E-state index in [4.69, 9.17) is 9.41 Å². The molecular weight excluding hydrogens is 511 g/mol. The van der Waals surface area contributed by atoms with E-state index in [1.165, 1.54) is 12.1 Å². The zero-order chi connectivity index (χ0) is 28.6. The molecule has 6 nitrogen and oxygen atoms in total. The highest BCUT2D eigenvalue weighted by molar-refractivity contribution is 6.78. The van der Waals surface area contributed by atoms with Crippen LogP contribution < -0.4 is 4.43 Å². The second-order valence-electron chi connectivity index (χ2n) is 11.7. The Morgan fingerprint density at radius 3 is 2.26 bits per heavy atom. The van der Waals surface area contributed by atoms with E-state index >= 15 is 0 Å². The maximum Gasteiger partial charge on any atom is 0.303 e. The van der Waals surface area contributed by atoms with E-state index in [0.29, 0.717) is 52.8 Å². The number of carboxylic acids is 1. The molecule has 3 aromatic rings. The summed E-state index contributed by atoms with van der Waals surface area (Å²) in [6, 6.07) is 8.43. The zero-order valence-corrected chi connectivity index (χ0v) is 25.0. The number of aryl methyl sites for hydroxylation is 1. The van der Waals surface area contributed by atoms with Crippen LogP contribution in [0.15, 0.2) is 36.5 Å². The molecule has 0 fully saturated rings. The molecule has 0 saturated carbocycles. The predicted octanol–water partition coefficient (Wildman–Crippen LogP) is 7.12.